The number of carbonyl (C=O) groups excluding carboxylic acids is 1. The number of hydrogen-bond acceptors (Lipinski definition) is 7. The molecule has 3 aromatic rings. The van der Waals surface area contributed by atoms with Crippen molar-refractivity contribution in [3.8, 4) is 5.75 Å². The number of nitrogens with two attached hydrogens (primary N) is 1. The summed E-state index contributed by atoms with van der Waals surface area (Å²) in [6, 6.07) is 13.3. The van der Waals surface area contributed by atoms with Crippen molar-refractivity contribution in [1.29, 1.82) is 0 Å². The average molecular weight is 569 g/mol. The zero-order valence-corrected chi connectivity index (χ0v) is 24.7. The lowest BCUT2D eigenvalue weighted by Gasteiger charge is -2.29. The summed E-state index contributed by atoms with van der Waals surface area (Å²) < 4.78 is 12.2. The van der Waals surface area contributed by atoms with E-state index in [0.717, 1.165) is 49.2 Å². The number of ether oxygens (including phenoxy) is 1. The van der Waals surface area contributed by atoms with Crippen LogP contribution in [0, 0.1) is 0 Å². The summed E-state index contributed by atoms with van der Waals surface area (Å²) in [6.07, 6.45) is 7.55. The van der Waals surface area contributed by atoms with Crippen molar-refractivity contribution in [3.05, 3.63) is 59.4 Å². The zero-order valence-electron chi connectivity index (χ0n) is 24.7. The van der Waals surface area contributed by atoms with Crippen LogP contribution in [0.15, 0.2) is 46.9 Å². The summed E-state index contributed by atoms with van der Waals surface area (Å²) in [4.78, 5) is 34.3. The van der Waals surface area contributed by atoms with Crippen molar-refractivity contribution in [2.24, 2.45) is 0 Å². The number of benzene rings is 2. The molecule has 1 heterocycles. The molecule has 224 valence electrons. The number of nitrogens with zero attached hydrogens (tertiary/aromatic N) is 1. The molecular weight excluding hydrogens is 524 g/mol. The van der Waals surface area contributed by atoms with Gasteiger partial charge in [0.05, 0.1) is 5.56 Å². The molecule has 0 saturated heterocycles. The number of furan rings is 1. The molecule has 3 rings (SSSR count). The van der Waals surface area contributed by atoms with Crippen LogP contribution in [-0.4, -0.2) is 58.6 Å². The van der Waals surface area contributed by atoms with Crippen LogP contribution in [0.4, 0.5) is 5.69 Å². The van der Waals surface area contributed by atoms with E-state index < -0.39 is 11.9 Å². The Kier molecular flexibility index (Phi) is 13.9. The Morgan fingerprint density at radius 2 is 1.49 bits per heavy atom. The molecule has 0 aliphatic carbocycles. The van der Waals surface area contributed by atoms with Gasteiger partial charge in [-0.2, -0.15) is 0 Å². The van der Waals surface area contributed by atoms with Gasteiger partial charge >= 0.3 is 11.9 Å². The van der Waals surface area contributed by atoms with Crippen LogP contribution >= 0.6 is 0 Å². The summed E-state index contributed by atoms with van der Waals surface area (Å²) in [5.41, 5.74) is 8.61. The van der Waals surface area contributed by atoms with E-state index in [9.17, 15) is 4.79 Å². The third-order valence-corrected chi connectivity index (χ3v) is 6.78. The van der Waals surface area contributed by atoms with Crippen LogP contribution in [0.3, 0.4) is 0 Å². The summed E-state index contributed by atoms with van der Waals surface area (Å²) >= 11 is 0. The van der Waals surface area contributed by atoms with Crippen molar-refractivity contribution in [2.45, 2.75) is 78.7 Å². The molecule has 0 amide bonds. The molecule has 0 fully saturated rings. The first kappa shape index (κ1) is 33.4. The molecule has 0 aliphatic rings. The number of carbonyl (C=O) groups is 3. The lowest BCUT2D eigenvalue weighted by molar-refractivity contribution is -0.159. The summed E-state index contributed by atoms with van der Waals surface area (Å²) in [7, 11) is 0. The number of anilines is 1. The van der Waals surface area contributed by atoms with E-state index in [2.05, 4.69) is 32.6 Å². The Morgan fingerprint density at radius 1 is 0.902 bits per heavy atom. The Balaban J connectivity index is 0.000000883. The normalized spacial score (nSPS) is 11.6. The maximum absolute atomic E-state index is 13.5. The highest BCUT2D eigenvalue weighted by atomic mass is 16.5. The molecule has 0 saturated carbocycles. The minimum absolute atomic E-state index is 0.0364. The monoisotopic (exact) mass is 568 g/mol. The van der Waals surface area contributed by atoms with Crippen LogP contribution in [0.5, 0.6) is 5.75 Å². The lowest BCUT2D eigenvalue weighted by Crippen LogP contribution is -2.38. The Morgan fingerprint density at radius 3 is 2.02 bits per heavy atom. The highest BCUT2D eigenvalue weighted by molar-refractivity contribution is 6.27. The van der Waals surface area contributed by atoms with Crippen molar-refractivity contribution < 1.29 is 33.8 Å². The number of carboxylic acid groups (broad SMARTS) is 2. The molecule has 9 heteroatoms. The van der Waals surface area contributed by atoms with E-state index in [-0.39, 0.29) is 5.78 Å². The topological polar surface area (TPSA) is 143 Å². The van der Waals surface area contributed by atoms with Gasteiger partial charge in [-0.25, -0.2) is 9.59 Å². The smallest absolute Gasteiger partial charge is 0.414 e. The van der Waals surface area contributed by atoms with Crippen LogP contribution < -0.4 is 10.5 Å². The van der Waals surface area contributed by atoms with Gasteiger partial charge in [-0.05, 0) is 81.7 Å². The standard InChI is InChI=1S/C30H42N2O3.C2H2O4/c1-5-8-11-28-29(26-20-24(31)14-17-27(26)35-28)30(33)23-12-15-25(16-13-23)34-21-22(4)32(18-9-6-2)19-10-7-3;3-1(4)2(5)6/h12-17,20,22H,5-11,18-19,21,31H2,1-4H3;(H,3,4)(H,5,6). The Labute approximate surface area is 242 Å². The van der Waals surface area contributed by atoms with E-state index in [1.54, 1.807) is 0 Å². The molecule has 1 unspecified atom stereocenters. The van der Waals surface area contributed by atoms with E-state index in [0.29, 0.717) is 35.0 Å². The average Bonchev–Trinajstić information content (AvgIpc) is 3.32. The predicted octanol–water partition coefficient (Wildman–Crippen LogP) is 6.41. The Bertz CT molecular complexity index is 1250. The summed E-state index contributed by atoms with van der Waals surface area (Å²) in [6.45, 7) is 11.7. The van der Waals surface area contributed by atoms with Crippen LogP contribution in [-0.2, 0) is 16.0 Å². The van der Waals surface area contributed by atoms with E-state index in [1.165, 1.54) is 25.7 Å². The predicted molar refractivity (Wildman–Crippen MR) is 161 cm³/mol. The fraction of sp³-hybridized carbons (Fsp3) is 0.469. The number of hydrogen-bond donors (Lipinski definition) is 3. The van der Waals surface area contributed by atoms with E-state index in [4.69, 9.17) is 34.7 Å². The fourth-order valence-corrected chi connectivity index (χ4v) is 4.37. The molecule has 9 nitrogen and oxygen atoms in total. The number of aryl methyl sites for hydroxylation is 1. The first-order valence-electron chi connectivity index (χ1n) is 14.4. The largest absolute Gasteiger partial charge is 0.492 e. The number of ketones is 1. The third kappa shape index (κ3) is 10.2. The minimum atomic E-state index is -1.82. The molecular formula is C32H44N2O7. The van der Waals surface area contributed by atoms with Crippen LogP contribution in [0.2, 0.25) is 0 Å². The van der Waals surface area contributed by atoms with Gasteiger partial charge in [0.1, 0.15) is 23.7 Å². The van der Waals surface area contributed by atoms with Gasteiger partial charge in [0, 0.05) is 29.1 Å². The maximum Gasteiger partial charge on any atom is 0.414 e. The molecule has 0 aliphatic heterocycles. The van der Waals surface area contributed by atoms with Crippen molar-refractivity contribution in [3.63, 3.8) is 0 Å². The summed E-state index contributed by atoms with van der Waals surface area (Å²) in [5.74, 6) is -2.16. The molecule has 2 aromatic carbocycles. The lowest BCUT2D eigenvalue weighted by atomic mass is 9.98. The Hall–Kier alpha value is -3.85. The number of aliphatic carboxylic acids is 2. The quantitative estimate of drug-likeness (QED) is 0.108. The van der Waals surface area contributed by atoms with Crippen molar-refractivity contribution in [1.82, 2.24) is 4.90 Å². The molecule has 0 bridgehead atoms. The van der Waals surface area contributed by atoms with Crippen LogP contribution in [0.25, 0.3) is 11.0 Å². The van der Waals surface area contributed by atoms with Gasteiger partial charge in [-0.3, -0.25) is 9.69 Å². The molecule has 4 N–H and O–H groups in total. The second-order valence-corrected chi connectivity index (χ2v) is 10.1. The van der Waals surface area contributed by atoms with Crippen molar-refractivity contribution in [2.75, 3.05) is 25.4 Å². The molecule has 0 radical (unpaired) electrons. The van der Waals surface area contributed by atoms with Gasteiger partial charge < -0.3 is 25.1 Å². The molecule has 0 spiro atoms. The minimum Gasteiger partial charge on any atom is -0.492 e. The third-order valence-electron chi connectivity index (χ3n) is 6.78. The molecule has 41 heavy (non-hydrogen) atoms. The maximum atomic E-state index is 13.5. The zero-order chi connectivity index (χ0) is 30.4. The first-order chi connectivity index (χ1) is 19.6. The molecule has 1 aromatic heterocycles. The van der Waals surface area contributed by atoms with Gasteiger partial charge in [0.2, 0.25) is 0 Å². The SMILES string of the molecule is CCCCc1oc2ccc(N)cc2c1C(=O)c1ccc(OCC(C)N(CCCC)CCCC)cc1.O=C(O)C(=O)O. The highest BCUT2D eigenvalue weighted by Crippen LogP contribution is 2.31. The molecule has 1 atom stereocenters. The number of unbranched alkanes of at least 4 members (excludes halogenated alkanes) is 3. The second-order valence-electron chi connectivity index (χ2n) is 10.1. The number of nitrogen functional groups attached to an aromatic ring is 1. The number of rotatable bonds is 15. The van der Waals surface area contributed by atoms with E-state index in [1.807, 2.05) is 42.5 Å². The number of carboxylic acids is 2. The van der Waals surface area contributed by atoms with Gasteiger partial charge in [0.25, 0.3) is 0 Å². The fourth-order valence-electron chi connectivity index (χ4n) is 4.37. The van der Waals surface area contributed by atoms with Gasteiger partial charge in [-0.15, -0.1) is 0 Å². The van der Waals surface area contributed by atoms with Crippen molar-refractivity contribution >= 4 is 34.4 Å². The number of fused-ring (bicyclic) bond motifs is 1. The highest BCUT2D eigenvalue weighted by Gasteiger charge is 2.22. The van der Waals surface area contributed by atoms with Gasteiger partial charge in [0.15, 0.2) is 5.78 Å². The second kappa shape index (κ2) is 17.1. The van der Waals surface area contributed by atoms with E-state index >= 15 is 0 Å². The van der Waals surface area contributed by atoms with Gasteiger partial charge in [-0.1, -0.05) is 40.0 Å². The summed E-state index contributed by atoms with van der Waals surface area (Å²) in [5, 5.41) is 15.6. The van der Waals surface area contributed by atoms with Crippen LogP contribution in [0.1, 0.15) is 87.9 Å². The first-order valence-corrected chi connectivity index (χ1v) is 14.4.